The molecule has 1 aromatic carbocycles. The number of carbonyl (C=O) groups excluding carboxylic acids is 1. The molecule has 0 saturated carbocycles. The second-order valence-electron chi connectivity index (χ2n) is 8.57. The van der Waals surface area contributed by atoms with Crippen LogP contribution < -0.4 is 10.9 Å². The number of nitrogens with one attached hydrogen (secondary N) is 1. The van der Waals surface area contributed by atoms with Crippen molar-refractivity contribution in [2.24, 2.45) is 5.41 Å². The van der Waals surface area contributed by atoms with Gasteiger partial charge in [-0.15, -0.1) is 0 Å². The topological polar surface area (TPSA) is 81.8 Å². The third kappa shape index (κ3) is 5.71. The first kappa shape index (κ1) is 22.5. The molecule has 7 nitrogen and oxygen atoms in total. The highest BCUT2D eigenvalue weighted by Crippen LogP contribution is 2.29. The molecule has 10 heteroatoms. The highest BCUT2D eigenvalue weighted by molar-refractivity contribution is 5.76. The van der Waals surface area contributed by atoms with Gasteiger partial charge in [0.25, 0.3) is 5.56 Å². The van der Waals surface area contributed by atoms with E-state index in [4.69, 9.17) is 0 Å². The number of hydrogen-bond donors (Lipinski definition) is 1. The standard InChI is InChI=1S/C21H24F3N5O2/c1-20(2,3)10-17(30)25-7-8-29-18-16(11-27-29)19(31)28(13-26-18)12-14-5-4-6-15(9-14)21(22,23)24/h4-6,9,11,13H,7-8,10,12H2,1-3H3,(H,25,30). The third-order valence-electron chi connectivity index (χ3n) is 4.57. The van der Waals surface area contributed by atoms with Crippen LogP contribution in [0.2, 0.25) is 0 Å². The van der Waals surface area contributed by atoms with Crippen LogP contribution >= 0.6 is 0 Å². The SMILES string of the molecule is CC(C)(C)CC(=O)NCCn1ncc2c(=O)n(Cc3cccc(C(F)(F)F)c3)cnc21. The first-order valence-corrected chi connectivity index (χ1v) is 9.78. The maximum Gasteiger partial charge on any atom is 0.416 e. The Kier molecular flexibility index (Phi) is 6.19. The molecule has 0 aliphatic rings. The van der Waals surface area contributed by atoms with Crippen LogP contribution in [0.3, 0.4) is 0 Å². The summed E-state index contributed by atoms with van der Waals surface area (Å²) in [4.78, 5) is 28.9. The summed E-state index contributed by atoms with van der Waals surface area (Å²) in [5.41, 5.74) is -0.587. The molecule has 0 atom stereocenters. The van der Waals surface area contributed by atoms with Crippen molar-refractivity contribution in [3.05, 3.63) is 58.3 Å². The third-order valence-corrected chi connectivity index (χ3v) is 4.57. The van der Waals surface area contributed by atoms with Gasteiger partial charge in [0.2, 0.25) is 5.91 Å². The molecule has 0 spiro atoms. The summed E-state index contributed by atoms with van der Waals surface area (Å²) in [7, 11) is 0. The van der Waals surface area contributed by atoms with Gasteiger partial charge >= 0.3 is 6.18 Å². The van der Waals surface area contributed by atoms with E-state index in [0.29, 0.717) is 30.7 Å². The zero-order chi connectivity index (χ0) is 22.8. The quantitative estimate of drug-likeness (QED) is 0.645. The van der Waals surface area contributed by atoms with Crippen molar-refractivity contribution in [2.75, 3.05) is 6.54 Å². The lowest BCUT2D eigenvalue weighted by Crippen LogP contribution is -2.30. The second-order valence-corrected chi connectivity index (χ2v) is 8.57. The monoisotopic (exact) mass is 435 g/mol. The molecular weight excluding hydrogens is 411 g/mol. The number of alkyl halides is 3. The molecule has 3 rings (SSSR count). The van der Waals surface area contributed by atoms with Crippen LogP contribution in [-0.4, -0.2) is 31.8 Å². The van der Waals surface area contributed by atoms with Crippen LogP contribution in [0.1, 0.15) is 38.3 Å². The Bertz CT molecular complexity index is 1140. The number of nitrogens with zero attached hydrogens (tertiary/aromatic N) is 4. The molecule has 0 radical (unpaired) electrons. The van der Waals surface area contributed by atoms with E-state index in [2.05, 4.69) is 15.4 Å². The molecular formula is C21H24F3N5O2. The van der Waals surface area contributed by atoms with Gasteiger partial charge in [0.15, 0.2) is 5.65 Å². The molecule has 0 saturated heterocycles. The minimum absolute atomic E-state index is 0.0419. The minimum Gasteiger partial charge on any atom is -0.354 e. The zero-order valence-corrected chi connectivity index (χ0v) is 17.5. The van der Waals surface area contributed by atoms with E-state index in [-0.39, 0.29) is 23.3 Å². The summed E-state index contributed by atoms with van der Waals surface area (Å²) < 4.78 is 41.5. The van der Waals surface area contributed by atoms with Gasteiger partial charge in [-0.3, -0.25) is 14.2 Å². The molecule has 0 aliphatic heterocycles. The largest absolute Gasteiger partial charge is 0.416 e. The number of carbonyl (C=O) groups is 1. The van der Waals surface area contributed by atoms with Crippen molar-refractivity contribution in [1.29, 1.82) is 0 Å². The lowest BCUT2D eigenvalue weighted by Gasteiger charge is -2.17. The Labute approximate surface area is 176 Å². The van der Waals surface area contributed by atoms with Crippen molar-refractivity contribution in [1.82, 2.24) is 24.6 Å². The predicted octanol–water partition coefficient (Wildman–Crippen LogP) is 3.21. The van der Waals surface area contributed by atoms with Crippen LogP contribution in [0, 0.1) is 5.41 Å². The fraction of sp³-hybridized carbons (Fsp3) is 0.429. The molecule has 0 bridgehead atoms. The second kappa shape index (κ2) is 8.52. The average Bonchev–Trinajstić information content (AvgIpc) is 3.06. The first-order chi connectivity index (χ1) is 14.4. The van der Waals surface area contributed by atoms with Crippen LogP contribution in [-0.2, 0) is 24.1 Å². The van der Waals surface area contributed by atoms with Crippen molar-refractivity contribution in [2.45, 2.75) is 46.5 Å². The summed E-state index contributed by atoms with van der Waals surface area (Å²) in [6.45, 7) is 6.55. The highest BCUT2D eigenvalue weighted by Gasteiger charge is 2.30. The Hall–Kier alpha value is -3.17. The van der Waals surface area contributed by atoms with Crippen molar-refractivity contribution in [3.63, 3.8) is 0 Å². The molecule has 0 fully saturated rings. The molecule has 1 amide bonds. The number of rotatable bonds is 6. The van der Waals surface area contributed by atoms with E-state index >= 15 is 0 Å². The maximum atomic E-state index is 12.9. The molecule has 2 heterocycles. The van der Waals surface area contributed by atoms with E-state index < -0.39 is 17.3 Å². The fourth-order valence-corrected chi connectivity index (χ4v) is 3.16. The van der Waals surface area contributed by atoms with E-state index in [1.54, 1.807) is 0 Å². The normalized spacial score (nSPS) is 12.3. The number of fused-ring (bicyclic) bond motifs is 1. The lowest BCUT2D eigenvalue weighted by atomic mass is 9.92. The van der Waals surface area contributed by atoms with E-state index in [0.717, 1.165) is 12.1 Å². The van der Waals surface area contributed by atoms with Gasteiger partial charge in [0.05, 0.1) is 24.8 Å². The summed E-state index contributed by atoms with van der Waals surface area (Å²) in [5.74, 6) is -0.0691. The van der Waals surface area contributed by atoms with Crippen LogP contribution in [0.25, 0.3) is 11.0 Å². The van der Waals surface area contributed by atoms with Gasteiger partial charge in [-0.25, -0.2) is 9.67 Å². The molecule has 3 aromatic rings. The summed E-state index contributed by atoms with van der Waals surface area (Å²) in [5, 5.41) is 7.24. The number of hydrogen-bond acceptors (Lipinski definition) is 4. The van der Waals surface area contributed by atoms with Gasteiger partial charge < -0.3 is 5.32 Å². The highest BCUT2D eigenvalue weighted by atomic mass is 19.4. The van der Waals surface area contributed by atoms with Crippen molar-refractivity contribution >= 4 is 16.9 Å². The number of halogens is 3. The van der Waals surface area contributed by atoms with Gasteiger partial charge in [-0.1, -0.05) is 32.9 Å². The van der Waals surface area contributed by atoms with E-state index in [9.17, 15) is 22.8 Å². The van der Waals surface area contributed by atoms with Gasteiger partial charge in [-0.2, -0.15) is 18.3 Å². The Morgan fingerprint density at radius 1 is 1.19 bits per heavy atom. The Morgan fingerprint density at radius 2 is 1.94 bits per heavy atom. The van der Waals surface area contributed by atoms with Crippen LogP contribution in [0.4, 0.5) is 13.2 Å². The molecule has 0 unspecified atom stereocenters. The Balaban J connectivity index is 1.73. The van der Waals surface area contributed by atoms with Gasteiger partial charge in [0, 0.05) is 13.0 Å². The van der Waals surface area contributed by atoms with Crippen LogP contribution in [0.5, 0.6) is 0 Å². The fourth-order valence-electron chi connectivity index (χ4n) is 3.16. The molecule has 1 N–H and O–H groups in total. The van der Waals surface area contributed by atoms with Crippen molar-refractivity contribution < 1.29 is 18.0 Å². The molecule has 31 heavy (non-hydrogen) atoms. The first-order valence-electron chi connectivity index (χ1n) is 9.78. The summed E-state index contributed by atoms with van der Waals surface area (Å²) in [6.07, 6.45) is -1.39. The zero-order valence-electron chi connectivity index (χ0n) is 17.5. The van der Waals surface area contributed by atoms with Gasteiger partial charge in [0.1, 0.15) is 11.7 Å². The molecule has 166 valence electrons. The number of benzene rings is 1. The smallest absolute Gasteiger partial charge is 0.354 e. The predicted molar refractivity (Wildman–Crippen MR) is 109 cm³/mol. The van der Waals surface area contributed by atoms with Crippen molar-refractivity contribution in [3.8, 4) is 0 Å². The lowest BCUT2D eigenvalue weighted by molar-refractivity contribution is -0.137. The summed E-state index contributed by atoms with van der Waals surface area (Å²) in [6, 6.07) is 4.83. The van der Waals surface area contributed by atoms with Crippen LogP contribution in [0.15, 0.2) is 41.6 Å². The maximum absolute atomic E-state index is 12.9. The molecule has 2 aromatic heterocycles. The number of amides is 1. The Morgan fingerprint density at radius 3 is 2.61 bits per heavy atom. The minimum atomic E-state index is -4.45. The van der Waals surface area contributed by atoms with E-state index in [1.165, 1.54) is 33.9 Å². The number of aromatic nitrogens is 4. The van der Waals surface area contributed by atoms with E-state index in [1.807, 2.05) is 20.8 Å². The average molecular weight is 435 g/mol. The van der Waals surface area contributed by atoms with Gasteiger partial charge in [-0.05, 0) is 23.1 Å². The molecule has 0 aliphatic carbocycles. The summed E-state index contributed by atoms with van der Waals surface area (Å²) >= 11 is 0.